The number of hydrogen-bond donors (Lipinski definition) is 1. The van der Waals surface area contributed by atoms with Crippen molar-refractivity contribution in [2.45, 2.75) is 72.2 Å². The van der Waals surface area contributed by atoms with Crippen molar-refractivity contribution in [2.24, 2.45) is 11.3 Å². The molecule has 1 aliphatic rings. The summed E-state index contributed by atoms with van der Waals surface area (Å²) in [5, 5.41) is 3.28. The van der Waals surface area contributed by atoms with E-state index in [9.17, 15) is 18.0 Å². The minimum absolute atomic E-state index is 0.0895. The molecule has 1 fully saturated rings. The maximum Gasteiger partial charge on any atom is 0.573 e. The lowest BCUT2D eigenvalue weighted by atomic mass is 9.70. The van der Waals surface area contributed by atoms with Crippen LogP contribution < -0.4 is 14.8 Å². The number of aryl methyl sites for hydroxylation is 1. The lowest BCUT2D eigenvalue weighted by Gasteiger charge is -2.40. The second-order valence-corrected chi connectivity index (χ2v) is 10.9. The van der Waals surface area contributed by atoms with E-state index in [1.807, 2.05) is 6.07 Å². The molecule has 39 heavy (non-hydrogen) atoms. The topological polar surface area (TPSA) is 87.5 Å². The number of ether oxygens (including phenoxy) is 3. The van der Waals surface area contributed by atoms with Crippen molar-refractivity contribution in [3.63, 3.8) is 0 Å². The molecule has 0 aliphatic heterocycles. The molecule has 8 nitrogen and oxygen atoms in total. The van der Waals surface area contributed by atoms with Gasteiger partial charge in [-0.1, -0.05) is 20.8 Å². The quantitative estimate of drug-likeness (QED) is 0.289. The van der Waals surface area contributed by atoms with E-state index in [-0.39, 0.29) is 29.6 Å². The van der Waals surface area contributed by atoms with Crippen molar-refractivity contribution in [1.29, 1.82) is 0 Å². The fraction of sp³-hybridized carbons (Fsp3) is 0.536. The third-order valence-corrected chi connectivity index (χ3v) is 6.87. The Morgan fingerprint density at radius 2 is 1.90 bits per heavy atom. The van der Waals surface area contributed by atoms with Crippen LogP contribution in [0.1, 0.15) is 65.0 Å². The van der Waals surface area contributed by atoms with E-state index in [1.54, 1.807) is 6.92 Å². The highest BCUT2D eigenvalue weighted by atomic mass is 19.4. The summed E-state index contributed by atoms with van der Waals surface area (Å²) in [7, 11) is 1.54. The zero-order valence-corrected chi connectivity index (χ0v) is 22.9. The number of anilines is 2. The van der Waals surface area contributed by atoms with Gasteiger partial charge in [0.25, 0.3) is 0 Å². The molecule has 0 saturated heterocycles. The van der Waals surface area contributed by atoms with Crippen molar-refractivity contribution in [2.75, 3.05) is 19.0 Å². The van der Waals surface area contributed by atoms with Gasteiger partial charge in [0.05, 0.1) is 13.7 Å². The maximum absolute atomic E-state index is 12.6. The average molecular weight is 549 g/mol. The number of carbonyl (C=O) groups is 1. The third-order valence-electron chi connectivity index (χ3n) is 6.87. The Bertz CT molecular complexity index is 1300. The van der Waals surface area contributed by atoms with Crippen LogP contribution in [-0.4, -0.2) is 40.6 Å². The second kappa shape index (κ2) is 11.3. The van der Waals surface area contributed by atoms with Gasteiger partial charge in [-0.2, -0.15) is 4.98 Å². The van der Waals surface area contributed by atoms with Crippen LogP contribution in [0.4, 0.5) is 24.8 Å². The van der Waals surface area contributed by atoms with Crippen LogP contribution in [0.3, 0.4) is 0 Å². The number of nitrogens with zero attached hydrogens (tertiary/aromatic N) is 3. The summed E-state index contributed by atoms with van der Waals surface area (Å²) in [6, 6.07) is 7.49. The second-order valence-electron chi connectivity index (χ2n) is 10.9. The number of rotatable bonds is 9. The van der Waals surface area contributed by atoms with Crippen LogP contribution >= 0.6 is 0 Å². The van der Waals surface area contributed by atoms with Crippen molar-refractivity contribution < 1.29 is 32.2 Å². The van der Waals surface area contributed by atoms with Crippen LogP contribution in [-0.2, 0) is 16.0 Å². The van der Waals surface area contributed by atoms with Crippen LogP contribution in [0.5, 0.6) is 11.6 Å². The summed E-state index contributed by atoms with van der Waals surface area (Å²) in [5.41, 5.74) is 2.67. The Balaban J connectivity index is 1.74. The molecule has 0 radical (unpaired) electrons. The van der Waals surface area contributed by atoms with Gasteiger partial charge < -0.3 is 19.5 Å². The molecule has 0 unspecified atom stereocenters. The predicted octanol–water partition coefficient (Wildman–Crippen LogP) is 6.97. The van der Waals surface area contributed by atoms with Gasteiger partial charge in [-0.15, -0.1) is 13.2 Å². The van der Waals surface area contributed by atoms with E-state index in [4.69, 9.17) is 19.4 Å². The number of aromatic nitrogens is 3. The third kappa shape index (κ3) is 7.13. The van der Waals surface area contributed by atoms with E-state index in [1.165, 1.54) is 31.4 Å². The van der Waals surface area contributed by atoms with Crippen molar-refractivity contribution >= 4 is 28.8 Å². The highest BCUT2D eigenvalue weighted by molar-refractivity contribution is 5.78. The van der Waals surface area contributed by atoms with E-state index < -0.39 is 6.36 Å². The minimum Gasteiger partial charge on any atom is -0.481 e. The summed E-state index contributed by atoms with van der Waals surface area (Å²) in [5.74, 6) is 0.817. The van der Waals surface area contributed by atoms with E-state index in [2.05, 4.69) is 35.4 Å². The molecule has 2 heterocycles. The predicted molar refractivity (Wildman–Crippen MR) is 141 cm³/mol. The first-order chi connectivity index (χ1) is 18.4. The largest absolute Gasteiger partial charge is 0.573 e. The molecule has 0 amide bonds. The average Bonchev–Trinajstić information content (AvgIpc) is 3.17. The monoisotopic (exact) mass is 548 g/mol. The number of pyridine rings is 1. The van der Waals surface area contributed by atoms with Crippen LogP contribution in [0.25, 0.3) is 11.2 Å². The Labute approximate surface area is 225 Å². The summed E-state index contributed by atoms with van der Waals surface area (Å²) >= 11 is 0. The SMILES string of the molecule is CCOC(=O)CCc1cc2nc(Nc3ccc(OC(F)(F)F)cc3)n([C@H]3C[C@@H](C)CC(C)(C)C3)c2nc1OC. The van der Waals surface area contributed by atoms with Gasteiger partial charge in [0.2, 0.25) is 11.8 Å². The smallest absolute Gasteiger partial charge is 0.481 e. The standard InChI is InChI=1S/C28H35F3N4O4/c1-6-38-23(36)12-7-18-14-22-24(34-25(18)37-5)35(20-13-17(2)15-27(3,4)16-20)26(33-22)32-19-8-10-21(11-9-19)39-28(29,30)31/h8-11,14,17,20H,6-7,12-13,15-16H2,1-5H3,(H,32,33)/t17-,20+/m1/s1. The van der Waals surface area contributed by atoms with Gasteiger partial charge in [0.15, 0.2) is 5.65 Å². The molecule has 11 heteroatoms. The van der Waals surface area contributed by atoms with Crippen molar-refractivity contribution in [3.05, 3.63) is 35.9 Å². The fourth-order valence-electron chi connectivity index (χ4n) is 5.67. The van der Waals surface area contributed by atoms with Gasteiger partial charge in [-0.3, -0.25) is 9.36 Å². The first kappa shape index (κ1) is 28.5. The van der Waals surface area contributed by atoms with Gasteiger partial charge in [-0.05, 0) is 74.3 Å². The summed E-state index contributed by atoms with van der Waals surface area (Å²) in [6.07, 6.45) is -1.25. The first-order valence-corrected chi connectivity index (χ1v) is 13.1. The molecule has 1 N–H and O–H groups in total. The molecule has 0 spiro atoms. The van der Waals surface area contributed by atoms with E-state index in [0.717, 1.165) is 24.8 Å². The molecule has 1 saturated carbocycles. The Hall–Kier alpha value is -3.50. The Kier molecular flexibility index (Phi) is 8.27. The lowest BCUT2D eigenvalue weighted by Crippen LogP contribution is -2.30. The lowest BCUT2D eigenvalue weighted by molar-refractivity contribution is -0.274. The maximum atomic E-state index is 12.6. The van der Waals surface area contributed by atoms with Crippen LogP contribution in [0.15, 0.2) is 30.3 Å². The normalized spacial score (nSPS) is 19.1. The summed E-state index contributed by atoms with van der Waals surface area (Å²) in [4.78, 5) is 21.6. The fourth-order valence-corrected chi connectivity index (χ4v) is 5.67. The van der Waals surface area contributed by atoms with Crippen molar-refractivity contribution in [3.8, 4) is 11.6 Å². The number of hydrogen-bond acceptors (Lipinski definition) is 7. The number of alkyl halides is 3. The molecule has 4 rings (SSSR count). The van der Waals surface area contributed by atoms with E-state index >= 15 is 0 Å². The van der Waals surface area contributed by atoms with Crippen LogP contribution in [0, 0.1) is 11.3 Å². The molecule has 1 aromatic carbocycles. The van der Waals surface area contributed by atoms with Gasteiger partial charge >= 0.3 is 12.3 Å². The molecule has 2 atom stereocenters. The zero-order chi connectivity index (χ0) is 28.4. The molecular weight excluding hydrogens is 513 g/mol. The zero-order valence-electron chi connectivity index (χ0n) is 22.9. The first-order valence-electron chi connectivity index (χ1n) is 13.1. The molecule has 3 aromatic rings. The number of carbonyl (C=O) groups excluding carboxylic acids is 1. The number of nitrogens with one attached hydrogen (secondary N) is 1. The Morgan fingerprint density at radius 3 is 2.51 bits per heavy atom. The van der Waals surface area contributed by atoms with Crippen molar-refractivity contribution in [1.82, 2.24) is 14.5 Å². The van der Waals surface area contributed by atoms with Crippen LogP contribution in [0.2, 0.25) is 0 Å². The molecule has 1 aliphatic carbocycles. The molecular formula is C28H35F3N4O4. The van der Waals surface area contributed by atoms with Gasteiger partial charge in [0.1, 0.15) is 11.3 Å². The number of esters is 1. The minimum atomic E-state index is -4.76. The molecule has 212 valence electrons. The number of fused-ring (bicyclic) bond motifs is 1. The van der Waals surface area contributed by atoms with Gasteiger partial charge in [0, 0.05) is 23.7 Å². The molecule has 0 bridgehead atoms. The van der Waals surface area contributed by atoms with Gasteiger partial charge in [-0.25, -0.2) is 4.98 Å². The molecule has 2 aromatic heterocycles. The number of imidazole rings is 1. The highest BCUT2D eigenvalue weighted by Crippen LogP contribution is 2.46. The summed E-state index contributed by atoms with van der Waals surface area (Å²) in [6.45, 7) is 8.82. The number of methoxy groups -OCH3 is 1. The Morgan fingerprint density at radius 1 is 1.18 bits per heavy atom. The number of halogens is 3. The van der Waals surface area contributed by atoms with E-state index in [0.29, 0.717) is 47.6 Å². The summed E-state index contributed by atoms with van der Waals surface area (Å²) < 4.78 is 54.5. The highest BCUT2D eigenvalue weighted by Gasteiger charge is 2.35. The number of benzene rings is 1.